The van der Waals surface area contributed by atoms with Gasteiger partial charge in [0.1, 0.15) is 0 Å². The van der Waals surface area contributed by atoms with Gasteiger partial charge in [0.2, 0.25) is 21.7 Å². The second-order valence-corrected chi connectivity index (χ2v) is 17.0. The summed E-state index contributed by atoms with van der Waals surface area (Å²) in [5.74, 6) is -15.9. The summed E-state index contributed by atoms with van der Waals surface area (Å²) in [5, 5.41) is 9.75. The van der Waals surface area contributed by atoms with Crippen LogP contribution in [0.3, 0.4) is 0 Å². The molecule has 56 heavy (non-hydrogen) atoms. The molecule has 0 aromatic heterocycles. The zero-order chi connectivity index (χ0) is 41.1. The van der Waals surface area contributed by atoms with Gasteiger partial charge in [0, 0.05) is 12.2 Å². The van der Waals surface area contributed by atoms with Gasteiger partial charge in [-0.2, -0.15) is 17.5 Å². The van der Waals surface area contributed by atoms with Crippen molar-refractivity contribution in [1.29, 1.82) is 0 Å². The van der Waals surface area contributed by atoms with Crippen LogP contribution in [0.4, 0.5) is 40.8 Å². The van der Waals surface area contributed by atoms with Crippen molar-refractivity contribution in [3.05, 3.63) is 129 Å². The number of carboxylic acids is 1. The monoisotopic (exact) mass is 808 g/mol. The van der Waals surface area contributed by atoms with Gasteiger partial charge in [-0.15, -0.1) is 0 Å². The van der Waals surface area contributed by atoms with Crippen molar-refractivity contribution >= 4 is 27.6 Å². The highest BCUT2D eigenvalue weighted by atomic mass is 32.2. The Morgan fingerprint density at radius 1 is 0.768 bits per heavy atom. The molecule has 0 atom stereocenters. The van der Waals surface area contributed by atoms with Crippen LogP contribution in [0.1, 0.15) is 102 Å². The normalized spacial score (nSPS) is 15.0. The third-order valence-electron chi connectivity index (χ3n) is 9.90. The zero-order valence-electron chi connectivity index (χ0n) is 30.3. The van der Waals surface area contributed by atoms with Crippen molar-refractivity contribution in [2.24, 2.45) is 0 Å². The summed E-state index contributed by atoms with van der Waals surface area (Å²) >= 11 is 0. The van der Waals surface area contributed by atoms with E-state index in [-0.39, 0.29) is 39.4 Å². The molecule has 4 aromatic carbocycles. The number of alkyl halides is 3. The number of halogens is 8. The van der Waals surface area contributed by atoms with Crippen LogP contribution in [-0.4, -0.2) is 36.3 Å². The van der Waals surface area contributed by atoms with Crippen LogP contribution in [0.2, 0.25) is 0 Å². The van der Waals surface area contributed by atoms with Gasteiger partial charge in [-0.3, -0.25) is 4.79 Å². The number of nitrogens with zero attached hydrogens (tertiary/aromatic N) is 2. The van der Waals surface area contributed by atoms with E-state index in [2.05, 4.69) is 0 Å². The number of amides is 1. The van der Waals surface area contributed by atoms with Crippen LogP contribution in [-0.2, 0) is 39.5 Å². The van der Waals surface area contributed by atoms with Gasteiger partial charge in [-0.1, -0.05) is 57.2 Å². The molecule has 1 N–H and O–H groups in total. The van der Waals surface area contributed by atoms with E-state index < -0.39 is 86.3 Å². The van der Waals surface area contributed by atoms with Crippen LogP contribution < -0.4 is 4.90 Å². The number of sulfonamides is 1. The molecular formula is C40H36F8N2O5S. The van der Waals surface area contributed by atoms with Crippen LogP contribution in [0.25, 0.3) is 0 Å². The van der Waals surface area contributed by atoms with Gasteiger partial charge in [-0.05, 0) is 95.0 Å². The first-order valence-electron chi connectivity index (χ1n) is 17.6. The lowest BCUT2D eigenvalue weighted by molar-refractivity contribution is -0.138. The minimum atomic E-state index is -5.99. The Morgan fingerprint density at radius 3 is 1.91 bits per heavy atom. The Bertz CT molecular complexity index is 2310. The van der Waals surface area contributed by atoms with E-state index in [9.17, 15) is 49.5 Å². The molecule has 2 saturated carbocycles. The highest BCUT2D eigenvalue weighted by Crippen LogP contribution is 2.46. The summed E-state index contributed by atoms with van der Waals surface area (Å²) in [6, 6.07) is 13.2. The van der Waals surface area contributed by atoms with Crippen LogP contribution in [0.15, 0.2) is 65.6 Å². The molecule has 0 radical (unpaired) electrons. The Morgan fingerprint density at radius 2 is 1.36 bits per heavy atom. The Balaban J connectivity index is 1.52. The number of carbonyl (C=O) groups is 2. The van der Waals surface area contributed by atoms with Crippen molar-refractivity contribution in [3.8, 4) is 0 Å². The van der Waals surface area contributed by atoms with Crippen molar-refractivity contribution in [2.45, 2.75) is 87.9 Å². The van der Waals surface area contributed by atoms with Crippen molar-refractivity contribution in [2.75, 3.05) is 11.4 Å². The summed E-state index contributed by atoms with van der Waals surface area (Å²) in [6.45, 7) is 2.83. The molecule has 1 amide bonds. The lowest BCUT2D eigenvalue weighted by atomic mass is 9.84. The molecule has 2 aliphatic rings. The fourth-order valence-corrected chi connectivity index (χ4v) is 8.05. The standard InChI is InChI=1S/C40H36F8N2O5S/c1-39(2,3)27-15-21(14-26(16-27)22-8-9-22)18-50(30-13-12-24(38(52)53)17-28(30)23-10-11-23)31(51)20-49(19-25-6-4-5-7-29(25)40(46,47)48)56(54,55)37-35(44)33(42)32(41)34(43)36(37)45/h4-7,12-17,22-23H,8-11,18-20H2,1-3H3,(H,52,53). The second-order valence-electron chi connectivity index (χ2n) is 15.1. The van der Waals surface area contributed by atoms with Gasteiger partial charge >= 0.3 is 12.1 Å². The van der Waals surface area contributed by atoms with Crippen molar-refractivity contribution in [3.63, 3.8) is 0 Å². The number of rotatable bonds is 12. The number of anilines is 1. The first-order valence-corrected chi connectivity index (χ1v) is 19.0. The third kappa shape index (κ3) is 8.31. The largest absolute Gasteiger partial charge is 0.478 e. The lowest BCUT2D eigenvalue weighted by Gasteiger charge is -2.30. The van der Waals surface area contributed by atoms with Crippen molar-refractivity contribution in [1.82, 2.24) is 4.31 Å². The van der Waals surface area contributed by atoms with Gasteiger partial charge in [0.05, 0.1) is 24.2 Å². The molecule has 16 heteroatoms. The summed E-state index contributed by atoms with van der Waals surface area (Å²) in [7, 11) is -5.99. The van der Waals surface area contributed by atoms with Crippen LogP contribution >= 0.6 is 0 Å². The van der Waals surface area contributed by atoms with Crippen LogP contribution in [0.5, 0.6) is 0 Å². The lowest BCUT2D eigenvalue weighted by Crippen LogP contribution is -2.43. The molecule has 0 heterocycles. The highest BCUT2D eigenvalue weighted by molar-refractivity contribution is 7.89. The number of carbonyl (C=O) groups excluding carboxylic acids is 1. The summed E-state index contributed by atoms with van der Waals surface area (Å²) < 4.78 is 144. The average molecular weight is 809 g/mol. The Labute approximate surface area is 317 Å². The maximum absolute atomic E-state index is 15.2. The van der Waals surface area contributed by atoms with Crippen molar-refractivity contribution < 1.29 is 58.2 Å². The third-order valence-corrected chi connectivity index (χ3v) is 11.7. The summed E-state index contributed by atoms with van der Waals surface area (Å²) in [4.78, 5) is 25.4. The van der Waals surface area contributed by atoms with Gasteiger partial charge in [0.25, 0.3) is 0 Å². The minimum absolute atomic E-state index is 0.0607. The molecule has 0 aliphatic heterocycles. The predicted octanol–water partition coefficient (Wildman–Crippen LogP) is 9.58. The van der Waals surface area contributed by atoms with E-state index in [0.717, 1.165) is 47.1 Å². The Hall–Kier alpha value is -4.83. The molecule has 2 fully saturated rings. The number of benzene rings is 4. The van der Waals surface area contributed by atoms with E-state index in [4.69, 9.17) is 0 Å². The highest BCUT2D eigenvalue weighted by Gasteiger charge is 2.41. The van der Waals surface area contributed by atoms with E-state index in [1.54, 1.807) is 0 Å². The van der Waals surface area contributed by atoms with Gasteiger partial charge < -0.3 is 10.0 Å². The van der Waals surface area contributed by atoms with E-state index in [1.165, 1.54) is 18.2 Å². The van der Waals surface area contributed by atoms with E-state index in [0.29, 0.717) is 30.0 Å². The molecule has 0 saturated heterocycles. The fourth-order valence-electron chi connectivity index (χ4n) is 6.57. The SMILES string of the molecule is CC(C)(C)c1cc(CN(C(=O)CN(Cc2ccccc2C(F)(F)F)S(=O)(=O)c2c(F)c(F)c(F)c(F)c2F)c2ccc(C(=O)O)cc2C2CC2)cc(C2CC2)c1. The number of carboxylic acid groups (broad SMARTS) is 1. The van der Waals surface area contributed by atoms with E-state index in [1.807, 2.05) is 39.0 Å². The number of hydrogen-bond donors (Lipinski definition) is 1. The summed E-state index contributed by atoms with van der Waals surface area (Å²) in [6.07, 6.45) is -2.03. The fraction of sp³-hybridized carbons (Fsp3) is 0.350. The molecule has 0 spiro atoms. The van der Waals surface area contributed by atoms with Gasteiger partial charge in [-0.25, -0.2) is 35.2 Å². The summed E-state index contributed by atoms with van der Waals surface area (Å²) in [5.41, 5.74) is 0.319. The Kier molecular flexibility index (Phi) is 10.9. The maximum atomic E-state index is 15.2. The number of aromatic carboxylic acids is 1. The van der Waals surface area contributed by atoms with Gasteiger partial charge in [0.15, 0.2) is 28.2 Å². The second kappa shape index (κ2) is 14.9. The maximum Gasteiger partial charge on any atom is 0.416 e. The zero-order valence-corrected chi connectivity index (χ0v) is 31.1. The molecule has 0 unspecified atom stereocenters. The molecular weight excluding hydrogens is 772 g/mol. The molecule has 2 aliphatic carbocycles. The molecule has 7 nitrogen and oxygen atoms in total. The smallest absolute Gasteiger partial charge is 0.416 e. The molecule has 6 rings (SSSR count). The van der Waals surface area contributed by atoms with E-state index >= 15 is 8.78 Å². The topological polar surface area (TPSA) is 95.0 Å². The minimum Gasteiger partial charge on any atom is -0.478 e. The molecule has 4 aromatic rings. The first-order chi connectivity index (χ1) is 26.1. The molecule has 298 valence electrons. The average Bonchev–Trinajstić information content (AvgIpc) is 4.05. The molecule has 0 bridgehead atoms. The first kappa shape index (κ1) is 40.8. The quantitative estimate of drug-likeness (QED) is 0.0875. The number of hydrogen-bond acceptors (Lipinski definition) is 4. The van der Waals surface area contributed by atoms with Crippen LogP contribution in [0, 0.1) is 29.1 Å². The predicted molar refractivity (Wildman–Crippen MR) is 189 cm³/mol.